The second-order valence-corrected chi connectivity index (χ2v) is 9.58. The smallest absolute Gasteiger partial charge is 0.338 e. The lowest BCUT2D eigenvalue weighted by Gasteiger charge is -2.10. The van der Waals surface area contributed by atoms with Gasteiger partial charge in [0, 0.05) is 10.4 Å². The fourth-order valence-electron chi connectivity index (χ4n) is 2.76. The quantitative estimate of drug-likeness (QED) is 0.616. The number of sulfonamides is 1. The number of nitrogens with one attached hydrogen (secondary N) is 1. The first-order valence-electron chi connectivity index (χ1n) is 8.51. The standard InChI is InChI=1S/C20H21NO4S2/c1-12(2)25-19(22)15-6-5-7-16(11-15)21-27(23,24)20-14(4)17-10-13(3)8-9-18(17)26-20/h5-12,21H,1-4H3. The van der Waals surface area contributed by atoms with Crippen molar-refractivity contribution in [1.82, 2.24) is 0 Å². The van der Waals surface area contributed by atoms with Crippen LogP contribution < -0.4 is 4.72 Å². The second kappa shape index (κ2) is 7.32. The third-order valence-electron chi connectivity index (χ3n) is 3.99. The number of anilines is 1. The Bertz CT molecular complexity index is 1110. The molecule has 0 aliphatic heterocycles. The molecule has 0 saturated heterocycles. The summed E-state index contributed by atoms with van der Waals surface area (Å²) in [7, 11) is -3.77. The Labute approximate surface area is 163 Å². The fourth-order valence-corrected chi connectivity index (χ4v) is 5.56. The Balaban J connectivity index is 1.93. The van der Waals surface area contributed by atoms with Crippen LogP contribution in [0.15, 0.2) is 46.7 Å². The number of rotatable bonds is 5. The van der Waals surface area contributed by atoms with Crippen LogP contribution >= 0.6 is 11.3 Å². The first kappa shape index (κ1) is 19.4. The van der Waals surface area contributed by atoms with Crippen LogP contribution in [-0.4, -0.2) is 20.5 Å². The summed E-state index contributed by atoms with van der Waals surface area (Å²) in [6.45, 7) is 7.31. The molecule has 142 valence electrons. The van der Waals surface area contributed by atoms with E-state index >= 15 is 0 Å². The van der Waals surface area contributed by atoms with Crippen LogP contribution in [0.3, 0.4) is 0 Å². The van der Waals surface area contributed by atoms with Crippen molar-refractivity contribution < 1.29 is 17.9 Å². The van der Waals surface area contributed by atoms with E-state index in [9.17, 15) is 13.2 Å². The van der Waals surface area contributed by atoms with Crippen LogP contribution in [0.2, 0.25) is 0 Å². The minimum Gasteiger partial charge on any atom is -0.459 e. The van der Waals surface area contributed by atoms with Crippen molar-refractivity contribution >= 4 is 43.1 Å². The Hall–Kier alpha value is -2.38. The average Bonchev–Trinajstić information content (AvgIpc) is 2.91. The molecule has 0 unspecified atom stereocenters. The Morgan fingerprint density at radius 3 is 2.56 bits per heavy atom. The highest BCUT2D eigenvalue weighted by atomic mass is 32.2. The van der Waals surface area contributed by atoms with Crippen molar-refractivity contribution in [2.45, 2.75) is 38.0 Å². The van der Waals surface area contributed by atoms with Gasteiger partial charge in [-0.25, -0.2) is 13.2 Å². The predicted molar refractivity (Wildman–Crippen MR) is 109 cm³/mol. The molecule has 7 heteroatoms. The molecule has 0 amide bonds. The number of benzene rings is 2. The van der Waals surface area contributed by atoms with Gasteiger partial charge >= 0.3 is 5.97 Å². The number of carbonyl (C=O) groups is 1. The monoisotopic (exact) mass is 403 g/mol. The number of esters is 1. The molecular formula is C20H21NO4S2. The summed E-state index contributed by atoms with van der Waals surface area (Å²) >= 11 is 1.24. The van der Waals surface area contributed by atoms with Crippen LogP contribution in [0.1, 0.15) is 35.3 Å². The molecule has 3 aromatic rings. The van der Waals surface area contributed by atoms with Gasteiger partial charge in [0.1, 0.15) is 4.21 Å². The van der Waals surface area contributed by atoms with Crippen LogP contribution in [0.4, 0.5) is 5.69 Å². The second-order valence-electron chi connectivity index (χ2n) is 6.65. The van der Waals surface area contributed by atoms with Gasteiger partial charge in [-0.2, -0.15) is 0 Å². The zero-order valence-corrected chi connectivity index (χ0v) is 17.2. The molecule has 0 aliphatic rings. The Morgan fingerprint density at radius 1 is 1.11 bits per heavy atom. The van der Waals surface area contributed by atoms with Gasteiger partial charge in [0.25, 0.3) is 10.0 Å². The molecule has 2 aromatic carbocycles. The molecule has 1 N–H and O–H groups in total. The molecule has 3 rings (SSSR count). The number of thiophene rings is 1. The predicted octanol–water partition coefficient (Wildman–Crippen LogP) is 4.88. The summed E-state index contributed by atoms with van der Waals surface area (Å²) in [6, 6.07) is 12.2. The van der Waals surface area contributed by atoms with E-state index in [2.05, 4.69) is 4.72 Å². The summed E-state index contributed by atoms with van der Waals surface area (Å²) in [4.78, 5) is 12.0. The van der Waals surface area contributed by atoms with Crippen molar-refractivity contribution in [3.63, 3.8) is 0 Å². The van der Waals surface area contributed by atoms with Crippen molar-refractivity contribution in [3.05, 3.63) is 59.2 Å². The molecule has 1 heterocycles. The highest BCUT2D eigenvalue weighted by Crippen LogP contribution is 2.35. The lowest BCUT2D eigenvalue weighted by atomic mass is 10.1. The molecule has 0 atom stereocenters. The maximum atomic E-state index is 12.9. The number of carbonyl (C=O) groups excluding carboxylic acids is 1. The van der Waals surface area contributed by atoms with Gasteiger partial charge < -0.3 is 4.74 Å². The Morgan fingerprint density at radius 2 is 1.85 bits per heavy atom. The number of hydrogen-bond acceptors (Lipinski definition) is 5. The van der Waals surface area contributed by atoms with Crippen LogP contribution in [-0.2, 0) is 14.8 Å². The van der Waals surface area contributed by atoms with Crippen LogP contribution in [0, 0.1) is 13.8 Å². The molecule has 0 spiro atoms. The van der Waals surface area contributed by atoms with Gasteiger partial charge in [-0.3, -0.25) is 4.72 Å². The SMILES string of the molecule is Cc1ccc2sc(S(=O)(=O)Nc3cccc(C(=O)OC(C)C)c3)c(C)c2c1. The maximum absolute atomic E-state index is 12.9. The van der Waals surface area contributed by atoms with Crippen molar-refractivity contribution in [2.24, 2.45) is 0 Å². The fraction of sp³-hybridized carbons (Fsp3) is 0.250. The normalized spacial score (nSPS) is 11.7. The third kappa shape index (κ3) is 4.14. The molecule has 0 fully saturated rings. The summed E-state index contributed by atoms with van der Waals surface area (Å²) in [5, 5.41) is 0.939. The van der Waals surface area contributed by atoms with Gasteiger partial charge in [-0.05, 0) is 62.9 Å². The van der Waals surface area contributed by atoms with E-state index < -0.39 is 16.0 Å². The molecule has 0 aliphatic carbocycles. The summed E-state index contributed by atoms with van der Waals surface area (Å²) in [5.74, 6) is -0.487. The van der Waals surface area contributed by atoms with E-state index in [0.29, 0.717) is 11.3 Å². The minimum absolute atomic E-state index is 0.248. The molecule has 0 bridgehead atoms. The van der Waals surface area contributed by atoms with Gasteiger partial charge in [-0.1, -0.05) is 23.8 Å². The average molecular weight is 404 g/mol. The van der Waals surface area contributed by atoms with E-state index in [1.807, 2.05) is 32.0 Å². The number of fused-ring (bicyclic) bond motifs is 1. The summed E-state index contributed by atoms with van der Waals surface area (Å²) in [6.07, 6.45) is -0.248. The molecule has 1 aromatic heterocycles. The zero-order valence-electron chi connectivity index (χ0n) is 15.6. The Kier molecular flexibility index (Phi) is 5.26. The highest BCUT2D eigenvalue weighted by Gasteiger charge is 2.22. The van der Waals surface area contributed by atoms with E-state index in [1.54, 1.807) is 32.0 Å². The van der Waals surface area contributed by atoms with Crippen molar-refractivity contribution in [3.8, 4) is 0 Å². The lowest BCUT2D eigenvalue weighted by Crippen LogP contribution is -2.14. The molecule has 0 saturated carbocycles. The zero-order chi connectivity index (χ0) is 19.8. The molecule has 5 nitrogen and oxygen atoms in total. The molecule has 0 radical (unpaired) electrons. The maximum Gasteiger partial charge on any atom is 0.338 e. The lowest BCUT2D eigenvalue weighted by molar-refractivity contribution is 0.0378. The van der Waals surface area contributed by atoms with E-state index in [1.165, 1.54) is 17.4 Å². The molecular weight excluding hydrogens is 382 g/mol. The van der Waals surface area contributed by atoms with E-state index in [-0.39, 0.29) is 10.3 Å². The topological polar surface area (TPSA) is 72.5 Å². The van der Waals surface area contributed by atoms with Crippen molar-refractivity contribution in [2.75, 3.05) is 4.72 Å². The largest absolute Gasteiger partial charge is 0.459 e. The molecule has 27 heavy (non-hydrogen) atoms. The van der Waals surface area contributed by atoms with Crippen LogP contribution in [0.25, 0.3) is 10.1 Å². The number of hydrogen-bond donors (Lipinski definition) is 1. The van der Waals surface area contributed by atoms with Crippen LogP contribution in [0.5, 0.6) is 0 Å². The summed E-state index contributed by atoms with van der Waals surface area (Å²) in [5.41, 5.74) is 2.42. The van der Waals surface area contributed by atoms with Gasteiger partial charge in [0.2, 0.25) is 0 Å². The minimum atomic E-state index is -3.77. The first-order chi connectivity index (χ1) is 12.7. The first-order valence-corrected chi connectivity index (χ1v) is 10.8. The van der Waals surface area contributed by atoms with Gasteiger partial charge in [0.15, 0.2) is 0 Å². The third-order valence-corrected chi connectivity index (χ3v) is 7.26. The van der Waals surface area contributed by atoms with Gasteiger partial charge in [-0.15, -0.1) is 11.3 Å². The summed E-state index contributed by atoms with van der Waals surface area (Å²) < 4.78 is 34.8. The van der Waals surface area contributed by atoms with E-state index in [0.717, 1.165) is 21.2 Å². The number of ether oxygens (including phenoxy) is 1. The van der Waals surface area contributed by atoms with Gasteiger partial charge in [0.05, 0.1) is 11.7 Å². The number of aryl methyl sites for hydroxylation is 2. The highest BCUT2D eigenvalue weighted by molar-refractivity contribution is 7.94. The van der Waals surface area contributed by atoms with E-state index in [4.69, 9.17) is 4.74 Å². The van der Waals surface area contributed by atoms with Crippen molar-refractivity contribution in [1.29, 1.82) is 0 Å².